The molecule has 0 radical (unpaired) electrons. The van der Waals surface area contributed by atoms with Gasteiger partial charge < -0.3 is 24.1 Å². The largest absolute Gasteiger partial charge is 0.544 e. The molecule has 0 amide bonds. The minimum atomic E-state index is -4.38. The van der Waals surface area contributed by atoms with E-state index in [4.69, 9.17) is 9.47 Å². The molecule has 156 valence electrons. The van der Waals surface area contributed by atoms with Crippen LogP contribution in [0.15, 0.2) is 0 Å². The first-order valence-corrected chi connectivity index (χ1v) is 8.98. The third-order valence-corrected chi connectivity index (χ3v) is 5.75. The summed E-state index contributed by atoms with van der Waals surface area (Å²) < 4.78 is 42.5. The van der Waals surface area contributed by atoms with Gasteiger partial charge in [0, 0.05) is 11.8 Å². The molecule has 10 heteroatoms. The summed E-state index contributed by atoms with van der Waals surface area (Å²) in [4.78, 5) is 47.6. The number of rotatable bonds is 5. The second-order valence-corrected chi connectivity index (χ2v) is 8.63. The Morgan fingerprint density at radius 2 is 1.82 bits per heavy atom. The molecule has 7 atom stereocenters. The molecular formula is C18H21F2O8-. The lowest BCUT2D eigenvalue weighted by Gasteiger charge is -2.33. The van der Waals surface area contributed by atoms with E-state index in [1.165, 1.54) is 0 Å². The van der Waals surface area contributed by atoms with Gasteiger partial charge in [0.25, 0.3) is 0 Å². The van der Waals surface area contributed by atoms with E-state index in [2.05, 4.69) is 4.74 Å². The van der Waals surface area contributed by atoms with E-state index in [-0.39, 0.29) is 5.92 Å². The highest BCUT2D eigenvalue weighted by atomic mass is 19.3. The van der Waals surface area contributed by atoms with E-state index in [1.807, 2.05) is 0 Å². The number of carboxylic acid groups (broad SMARTS) is 1. The predicted octanol–water partition coefficient (Wildman–Crippen LogP) is 0.0687. The van der Waals surface area contributed by atoms with Crippen LogP contribution in [0, 0.1) is 29.1 Å². The fraction of sp³-hybridized carbons (Fsp3) is 0.778. The van der Waals surface area contributed by atoms with Crippen LogP contribution >= 0.6 is 0 Å². The first-order valence-electron chi connectivity index (χ1n) is 8.98. The summed E-state index contributed by atoms with van der Waals surface area (Å²) in [6.45, 7) is 5.65. The SMILES string of the molecule is CC(OC(=O)C1C2CC3C(OC(=O)C31)C2OC(=O)C(C)(C)C)C(F)(F)C(=O)[O-]. The molecular weight excluding hydrogens is 382 g/mol. The molecule has 0 aromatic carbocycles. The summed E-state index contributed by atoms with van der Waals surface area (Å²) in [6.07, 6.45) is -3.50. The first kappa shape index (κ1) is 20.5. The van der Waals surface area contributed by atoms with E-state index >= 15 is 0 Å². The van der Waals surface area contributed by atoms with Crippen LogP contribution in [-0.4, -0.2) is 48.1 Å². The number of fused-ring (bicyclic) bond motifs is 1. The number of hydrogen-bond acceptors (Lipinski definition) is 8. The van der Waals surface area contributed by atoms with Crippen molar-refractivity contribution in [3.63, 3.8) is 0 Å². The Hall–Kier alpha value is -2.26. The third kappa shape index (κ3) is 3.02. The zero-order chi connectivity index (χ0) is 21.2. The minimum absolute atomic E-state index is 0.341. The Bertz CT molecular complexity index is 728. The van der Waals surface area contributed by atoms with Crippen molar-refractivity contribution in [1.29, 1.82) is 0 Å². The van der Waals surface area contributed by atoms with Crippen LogP contribution in [0.3, 0.4) is 0 Å². The van der Waals surface area contributed by atoms with Crippen LogP contribution in [-0.2, 0) is 33.4 Å². The van der Waals surface area contributed by atoms with Crippen LogP contribution < -0.4 is 5.11 Å². The third-order valence-electron chi connectivity index (χ3n) is 5.75. The number of carboxylic acids is 1. The van der Waals surface area contributed by atoms with Gasteiger partial charge in [-0.1, -0.05) is 0 Å². The molecule has 1 saturated heterocycles. The van der Waals surface area contributed by atoms with Crippen molar-refractivity contribution in [1.82, 2.24) is 0 Å². The lowest BCUT2D eigenvalue weighted by atomic mass is 9.78. The molecule has 3 rings (SSSR count). The average molecular weight is 403 g/mol. The number of hydrogen-bond donors (Lipinski definition) is 0. The average Bonchev–Trinajstić information content (AvgIpc) is 3.16. The Balaban J connectivity index is 1.80. The van der Waals surface area contributed by atoms with Gasteiger partial charge in [-0.3, -0.25) is 14.4 Å². The van der Waals surface area contributed by atoms with Crippen molar-refractivity contribution >= 4 is 23.9 Å². The van der Waals surface area contributed by atoms with Crippen LogP contribution in [0.2, 0.25) is 0 Å². The Morgan fingerprint density at radius 1 is 1.21 bits per heavy atom. The lowest BCUT2D eigenvalue weighted by molar-refractivity contribution is -0.335. The predicted molar refractivity (Wildman–Crippen MR) is 83.3 cm³/mol. The molecule has 8 nitrogen and oxygen atoms in total. The Kier molecular flexibility index (Phi) is 4.67. The number of esters is 3. The van der Waals surface area contributed by atoms with E-state index in [1.54, 1.807) is 20.8 Å². The molecule has 28 heavy (non-hydrogen) atoms. The van der Waals surface area contributed by atoms with Gasteiger partial charge >= 0.3 is 23.8 Å². The summed E-state index contributed by atoms with van der Waals surface area (Å²) in [5, 5.41) is 10.6. The lowest BCUT2D eigenvalue weighted by Crippen LogP contribution is -2.51. The van der Waals surface area contributed by atoms with Gasteiger partial charge in [0.15, 0.2) is 6.10 Å². The zero-order valence-electron chi connectivity index (χ0n) is 15.8. The highest BCUT2D eigenvalue weighted by Crippen LogP contribution is 2.59. The smallest absolute Gasteiger partial charge is 0.322 e. The number of halogens is 2. The highest BCUT2D eigenvalue weighted by molar-refractivity contribution is 5.87. The van der Waals surface area contributed by atoms with Crippen LogP contribution in [0.4, 0.5) is 8.78 Å². The maximum atomic E-state index is 13.5. The molecule has 3 fully saturated rings. The van der Waals surface area contributed by atoms with Gasteiger partial charge in [-0.2, -0.15) is 8.78 Å². The van der Waals surface area contributed by atoms with Gasteiger partial charge in [-0.15, -0.1) is 0 Å². The first-order chi connectivity index (χ1) is 12.8. The van der Waals surface area contributed by atoms with Crippen LogP contribution in [0.5, 0.6) is 0 Å². The molecule has 1 heterocycles. The normalized spacial score (nSPS) is 34.7. The molecule has 0 aromatic heterocycles. The molecule has 0 N–H and O–H groups in total. The maximum absolute atomic E-state index is 13.5. The van der Waals surface area contributed by atoms with Gasteiger partial charge in [-0.25, -0.2) is 0 Å². The number of aliphatic carboxylic acids is 1. The van der Waals surface area contributed by atoms with Gasteiger partial charge in [0.05, 0.1) is 17.3 Å². The molecule has 0 spiro atoms. The quantitative estimate of drug-likeness (QED) is 0.467. The van der Waals surface area contributed by atoms with Crippen molar-refractivity contribution in [2.45, 2.75) is 58.4 Å². The van der Waals surface area contributed by atoms with Gasteiger partial charge in [-0.05, 0) is 34.1 Å². The second-order valence-electron chi connectivity index (χ2n) is 8.63. The topological polar surface area (TPSA) is 119 Å². The van der Waals surface area contributed by atoms with E-state index in [9.17, 15) is 33.1 Å². The summed E-state index contributed by atoms with van der Waals surface area (Å²) in [7, 11) is 0. The number of carbonyl (C=O) groups is 4. The number of alkyl halides is 2. The zero-order valence-corrected chi connectivity index (χ0v) is 15.8. The summed E-state index contributed by atoms with van der Waals surface area (Å²) in [6, 6.07) is 0. The molecule has 2 bridgehead atoms. The van der Waals surface area contributed by atoms with Crippen LogP contribution in [0.25, 0.3) is 0 Å². The minimum Gasteiger partial charge on any atom is -0.544 e. The molecule has 2 aliphatic carbocycles. The Morgan fingerprint density at radius 3 is 2.36 bits per heavy atom. The molecule has 7 unspecified atom stereocenters. The van der Waals surface area contributed by atoms with Crippen molar-refractivity contribution < 1.29 is 47.3 Å². The fourth-order valence-electron chi connectivity index (χ4n) is 4.26. The standard InChI is InChI=1S/C18H22F2O8/c1-6(18(19,20)15(23)24)26-13(21)9-8-5-7-10(9)14(22)27-11(7)12(8)28-16(25)17(2,3)4/h6-12H,5H2,1-4H3,(H,23,24)/p-1. The summed E-state index contributed by atoms with van der Waals surface area (Å²) in [5.41, 5.74) is -0.828. The summed E-state index contributed by atoms with van der Waals surface area (Å²) >= 11 is 0. The van der Waals surface area contributed by atoms with E-state index < -0.39 is 71.3 Å². The van der Waals surface area contributed by atoms with Crippen LogP contribution in [0.1, 0.15) is 34.1 Å². The van der Waals surface area contributed by atoms with Gasteiger partial charge in [0.2, 0.25) is 0 Å². The molecule has 0 aromatic rings. The molecule has 3 aliphatic rings. The van der Waals surface area contributed by atoms with Crippen molar-refractivity contribution in [3.8, 4) is 0 Å². The monoisotopic (exact) mass is 403 g/mol. The van der Waals surface area contributed by atoms with E-state index in [0.29, 0.717) is 6.42 Å². The van der Waals surface area contributed by atoms with E-state index in [0.717, 1.165) is 6.92 Å². The van der Waals surface area contributed by atoms with Crippen molar-refractivity contribution in [2.24, 2.45) is 29.1 Å². The summed E-state index contributed by atoms with van der Waals surface area (Å²) in [5.74, 6) is -12.5. The second kappa shape index (κ2) is 6.38. The number of carbonyl (C=O) groups excluding carboxylic acids is 4. The van der Waals surface area contributed by atoms with Crippen molar-refractivity contribution in [3.05, 3.63) is 0 Å². The maximum Gasteiger partial charge on any atom is 0.322 e. The Labute approximate surface area is 159 Å². The highest BCUT2D eigenvalue weighted by Gasteiger charge is 2.70. The molecule has 2 saturated carbocycles. The molecule has 1 aliphatic heterocycles. The number of ether oxygens (including phenoxy) is 3. The van der Waals surface area contributed by atoms with Crippen molar-refractivity contribution in [2.75, 3.05) is 0 Å². The van der Waals surface area contributed by atoms with Gasteiger partial charge in [0.1, 0.15) is 18.2 Å². The fourth-order valence-corrected chi connectivity index (χ4v) is 4.26.